The predicted octanol–water partition coefficient (Wildman–Crippen LogP) is 4.94. The van der Waals surface area contributed by atoms with Gasteiger partial charge >= 0.3 is 0 Å². The Kier molecular flexibility index (Phi) is 4.54. The van der Waals surface area contributed by atoms with Gasteiger partial charge in [-0.25, -0.2) is 9.78 Å². The fourth-order valence-electron chi connectivity index (χ4n) is 5.76. The van der Waals surface area contributed by atoms with E-state index in [0.717, 1.165) is 24.8 Å². The molecule has 1 aromatic rings. The molecule has 5 aliphatic rings. The molecule has 4 heterocycles. The van der Waals surface area contributed by atoms with Gasteiger partial charge in [-0.1, -0.05) is 37.3 Å². The van der Waals surface area contributed by atoms with E-state index < -0.39 is 17.7 Å². The molecule has 4 saturated heterocycles. The maximum absolute atomic E-state index is 6.48. The summed E-state index contributed by atoms with van der Waals surface area (Å²) in [5.74, 6) is 7.36. The molecule has 5 heteroatoms. The monoisotopic (exact) mass is 402 g/mol. The predicted molar refractivity (Wildman–Crippen MR) is 105 cm³/mol. The average Bonchev–Trinajstić information content (AvgIpc) is 2.91. The summed E-state index contributed by atoms with van der Waals surface area (Å²) in [6.45, 7) is 6.51. The van der Waals surface area contributed by atoms with Crippen LogP contribution in [0.4, 0.5) is 0 Å². The molecule has 0 amide bonds. The lowest BCUT2D eigenvalue weighted by atomic mass is 9.57. The molecular formula is C23H27ClO4. The lowest BCUT2D eigenvalue weighted by Crippen LogP contribution is -2.70. The Labute approximate surface area is 171 Å². The van der Waals surface area contributed by atoms with Crippen LogP contribution in [0.25, 0.3) is 0 Å². The van der Waals surface area contributed by atoms with Gasteiger partial charge in [0, 0.05) is 22.9 Å². The molecule has 0 radical (unpaired) electrons. The van der Waals surface area contributed by atoms with Crippen LogP contribution in [0.1, 0.15) is 52.0 Å². The molecule has 1 aliphatic carbocycles. The van der Waals surface area contributed by atoms with E-state index in [2.05, 4.69) is 25.7 Å². The van der Waals surface area contributed by atoms with Crippen LogP contribution in [-0.2, 0) is 19.2 Å². The van der Waals surface area contributed by atoms with Gasteiger partial charge in [0.2, 0.25) is 5.79 Å². The highest BCUT2D eigenvalue weighted by molar-refractivity contribution is 6.30. The molecule has 0 N–H and O–H groups in total. The topological polar surface area (TPSA) is 36.9 Å². The zero-order valence-electron chi connectivity index (χ0n) is 16.6. The van der Waals surface area contributed by atoms with Crippen LogP contribution in [0.3, 0.4) is 0 Å². The first-order valence-corrected chi connectivity index (χ1v) is 10.8. The summed E-state index contributed by atoms with van der Waals surface area (Å²) in [6, 6.07) is 7.59. The van der Waals surface area contributed by atoms with Crippen molar-refractivity contribution in [2.24, 2.45) is 23.7 Å². The minimum absolute atomic E-state index is 0.197. The van der Waals surface area contributed by atoms with Crippen molar-refractivity contribution in [2.45, 2.75) is 70.2 Å². The zero-order valence-corrected chi connectivity index (χ0v) is 17.4. The van der Waals surface area contributed by atoms with Crippen molar-refractivity contribution in [2.75, 3.05) is 0 Å². The van der Waals surface area contributed by atoms with Gasteiger partial charge in [0.25, 0.3) is 0 Å². The lowest BCUT2D eigenvalue weighted by molar-refractivity contribution is -0.569. The highest BCUT2D eigenvalue weighted by atomic mass is 35.5. The largest absolute Gasteiger partial charge is 0.333 e. The number of ether oxygens (including phenoxy) is 2. The molecule has 1 aromatic carbocycles. The molecule has 2 bridgehead atoms. The first kappa shape index (κ1) is 18.9. The SMILES string of the molecule is C[C@H]1[C@@H](C#Cc2ccc(Cl)cc2)O[C@@H]2O[C@@]3(C)CC[C@H]4[C@H](C)CC[C@@H]1[C@@]24OO3. The molecule has 150 valence electrons. The van der Waals surface area contributed by atoms with E-state index in [1.54, 1.807) is 0 Å². The summed E-state index contributed by atoms with van der Waals surface area (Å²) >= 11 is 5.98. The Morgan fingerprint density at radius 1 is 1.04 bits per heavy atom. The van der Waals surface area contributed by atoms with Gasteiger partial charge in [0.15, 0.2) is 11.9 Å². The number of fused-ring (bicyclic) bond motifs is 2. The molecule has 0 unspecified atom stereocenters. The van der Waals surface area contributed by atoms with E-state index in [1.165, 1.54) is 6.42 Å². The van der Waals surface area contributed by atoms with E-state index in [4.69, 9.17) is 30.8 Å². The van der Waals surface area contributed by atoms with Crippen molar-refractivity contribution in [3.8, 4) is 11.8 Å². The molecule has 6 rings (SSSR count). The lowest BCUT2D eigenvalue weighted by Gasteiger charge is -2.59. The molecule has 5 fully saturated rings. The van der Waals surface area contributed by atoms with Gasteiger partial charge < -0.3 is 9.47 Å². The van der Waals surface area contributed by atoms with Crippen LogP contribution in [-0.4, -0.2) is 23.8 Å². The van der Waals surface area contributed by atoms with Crippen LogP contribution in [0.15, 0.2) is 24.3 Å². The van der Waals surface area contributed by atoms with E-state index in [0.29, 0.717) is 22.8 Å². The highest BCUT2D eigenvalue weighted by Crippen LogP contribution is 2.60. The number of hydrogen-bond donors (Lipinski definition) is 0. The van der Waals surface area contributed by atoms with Gasteiger partial charge in [-0.2, -0.15) is 0 Å². The maximum atomic E-state index is 6.48. The van der Waals surface area contributed by atoms with E-state index in [1.807, 2.05) is 31.2 Å². The van der Waals surface area contributed by atoms with Crippen LogP contribution in [0, 0.1) is 35.5 Å². The Morgan fingerprint density at radius 3 is 2.61 bits per heavy atom. The van der Waals surface area contributed by atoms with E-state index >= 15 is 0 Å². The molecule has 4 nitrogen and oxygen atoms in total. The summed E-state index contributed by atoms with van der Waals surface area (Å²) in [6.07, 6.45) is 3.52. The molecular weight excluding hydrogens is 376 g/mol. The first-order valence-electron chi connectivity index (χ1n) is 10.4. The van der Waals surface area contributed by atoms with E-state index in [9.17, 15) is 0 Å². The highest BCUT2D eigenvalue weighted by Gasteiger charge is 2.69. The van der Waals surface area contributed by atoms with Gasteiger partial charge in [0.05, 0.1) is 0 Å². The summed E-state index contributed by atoms with van der Waals surface area (Å²) in [5.41, 5.74) is 0.413. The van der Waals surface area contributed by atoms with Crippen LogP contribution in [0.2, 0.25) is 5.02 Å². The molecule has 1 spiro atoms. The van der Waals surface area contributed by atoms with Gasteiger partial charge in [-0.15, -0.1) is 0 Å². The second-order valence-corrected chi connectivity index (χ2v) is 9.54. The standard InChI is InChI=1S/C23H27ClO4/c1-14-4-10-19-15(2)20(11-7-16-5-8-17(24)9-6-16)25-21-23(19)18(14)12-13-22(3,26-21)27-28-23/h5-6,8-9,14-15,18-21H,4,10,12-13H2,1-3H3/t14-,15-,18+,19+,20-,21-,22-,23-/m1/s1. The van der Waals surface area contributed by atoms with E-state index in [-0.39, 0.29) is 12.0 Å². The second kappa shape index (κ2) is 6.72. The van der Waals surface area contributed by atoms with Gasteiger partial charge in [-0.3, -0.25) is 0 Å². The normalized spacial score (nSPS) is 46.9. The number of halogens is 1. The second-order valence-electron chi connectivity index (χ2n) is 9.10. The summed E-state index contributed by atoms with van der Waals surface area (Å²) in [7, 11) is 0. The third-order valence-electron chi connectivity index (χ3n) is 7.36. The van der Waals surface area contributed by atoms with Gasteiger partial charge in [0.1, 0.15) is 6.10 Å². The fourth-order valence-corrected chi connectivity index (χ4v) is 5.88. The van der Waals surface area contributed by atoms with Crippen LogP contribution < -0.4 is 0 Å². The molecule has 28 heavy (non-hydrogen) atoms. The van der Waals surface area contributed by atoms with Crippen LogP contribution >= 0.6 is 11.6 Å². The maximum Gasteiger partial charge on any atom is 0.201 e. The average molecular weight is 403 g/mol. The number of benzene rings is 1. The third kappa shape index (κ3) is 2.83. The third-order valence-corrected chi connectivity index (χ3v) is 7.61. The summed E-state index contributed by atoms with van der Waals surface area (Å²) < 4.78 is 12.8. The molecule has 4 aliphatic heterocycles. The molecule has 0 aromatic heterocycles. The Morgan fingerprint density at radius 2 is 1.82 bits per heavy atom. The summed E-state index contributed by atoms with van der Waals surface area (Å²) in [4.78, 5) is 12.0. The van der Waals surface area contributed by atoms with Crippen molar-refractivity contribution < 1.29 is 19.2 Å². The minimum Gasteiger partial charge on any atom is -0.333 e. The number of hydrogen-bond acceptors (Lipinski definition) is 4. The van der Waals surface area contributed by atoms with Crippen molar-refractivity contribution in [3.63, 3.8) is 0 Å². The number of rotatable bonds is 0. The first-order chi connectivity index (χ1) is 13.4. The Hall–Kier alpha value is -1.09. The Bertz CT molecular complexity index is 814. The quantitative estimate of drug-likeness (QED) is 0.455. The van der Waals surface area contributed by atoms with Crippen molar-refractivity contribution in [1.82, 2.24) is 0 Å². The molecule has 8 atom stereocenters. The zero-order chi connectivity index (χ0) is 19.5. The molecule has 1 saturated carbocycles. The minimum atomic E-state index is -0.744. The van der Waals surface area contributed by atoms with Gasteiger partial charge in [-0.05, 0) is 68.2 Å². The Balaban J connectivity index is 1.49. The fraction of sp³-hybridized carbons (Fsp3) is 0.652. The van der Waals surface area contributed by atoms with Crippen LogP contribution in [0.5, 0.6) is 0 Å². The van der Waals surface area contributed by atoms with Crippen molar-refractivity contribution in [3.05, 3.63) is 34.9 Å². The van der Waals surface area contributed by atoms with Crippen molar-refractivity contribution in [1.29, 1.82) is 0 Å². The summed E-state index contributed by atoms with van der Waals surface area (Å²) in [5, 5.41) is 0.713. The van der Waals surface area contributed by atoms with Crippen molar-refractivity contribution >= 4 is 11.6 Å². The smallest absolute Gasteiger partial charge is 0.201 e.